The highest BCUT2D eigenvalue weighted by Crippen LogP contribution is 2.37. The van der Waals surface area contributed by atoms with Crippen LogP contribution in [0.5, 0.6) is 5.75 Å². The fraction of sp³-hybridized carbons (Fsp3) is 0.212. The Kier molecular flexibility index (Phi) is 9.53. The number of carbonyl (C=O) groups excluding carboxylic acids is 2. The number of benzene rings is 3. The van der Waals surface area contributed by atoms with Crippen molar-refractivity contribution < 1.29 is 24.2 Å². The van der Waals surface area contributed by atoms with Crippen molar-refractivity contribution in [1.82, 2.24) is 29.7 Å². The van der Waals surface area contributed by atoms with Gasteiger partial charge in [-0.05, 0) is 28.8 Å². The van der Waals surface area contributed by atoms with Crippen LogP contribution in [0, 0.1) is 0 Å². The molecular formula is C33H33N7O6. The Labute approximate surface area is 263 Å². The molecule has 0 aliphatic rings. The molecular weight excluding hydrogens is 590 g/mol. The molecule has 0 unspecified atom stereocenters. The van der Waals surface area contributed by atoms with Gasteiger partial charge in [-0.15, -0.1) is 0 Å². The van der Waals surface area contributed by atoms with Gasteiger partial charge in [0.15, 0.2) is 11.2 Å². The van der Waals surface area contributed by atoms with Crippen LogP contribution in [-0.4, -0.2) is 74.1 Å². The number of hydrogen-bond acceptors (Lipinski definition) is 8. The molecule has 0 atom stereocenters. The molecule has 0 bridgehead atoms. The molecule has 3 aromatic carbocycles. The molecule has 2 amide bonds. The highest BCUT2D eigenvalue weighted by Gasteiger charge is 2.36. The summed E-state index contributed by atoms with van der Waals surface area (Å²) in [5.41, 5.74) is 1.39. The number of anilines is 1. The molecule has 4 N–H and O–H groups in total. The van der Waals surface area contributed by atoms with E-state index in [1.807, 2.05) is 84.9 Å². The first-order valence-corrected chi connectivity index (χ1v) is 14.4. The minimum absolute atomic E-state index is 0.0247. The number of carboxylic acid groups (broad SMARTS) is 1. The number of methoxy groups -OCH3 is 1. The summed E-state index contributed by atoms with van der Waals surface area (Å²) in [6.07, 6.45) is 1.28. The van der Waals surface area contributed by atoms with E-state index in [9.17, 15) is 24.3 Å². The Morgan fingerprint density at radius 1 is 0.957 bits per heavy atom. The Balaban J connectivity index is 1.45. The molecule has 46 heavy (non-hydrogen) atoms. The maximum atomic E-state index is 13.6. The van der Waals surface area contributed by atoms with Crippen LogP contribution in [0.3, 0.4) is 0 Å². The number of H-pyrrole nitrogens is 1. The lowest BCUT2D eigenvalue weighted by molar-refractivity contribution is -0.144. The molecule has 13 nitrogen and oxygen atoms in total. The number of aromatic amines is 1. The number of ether oxygens (including phenoxy) is 1. The van der Waals surface area contributed by atoms with E-state index in [2.05, 4.69) is 25.6 Å². The first-order chi connectivity index (χ1) is 22.2. The molecule has 236 valence electrons. The van der Waals surface area contributed by atoms with Gasteiger partial charge in [0, 0.05) is 20.0 Å². The van der Waals surface area contributed by atoms with Gasteiger partial charge >= 0.3 is 5.97 Å². The lowest BCUT2D eigenvalue weighted by atomic mass is 9.77. The van der Waals surface area contributed by atoms with Gasteiger partial charge in [-0.3, -0.25) is 34.8 Å². The third kappa shape index (κ3) is 6.79. The molecule has 2 heterocycles. The Morgan fingerprint density at radius 3 is 2.13 bits per heavy atom. The van der Waals surface area contributed by atoms with Crippen LogP contribution in [0.2, 0.25) is 0 Å². The predicted octanol–water partition coefficient (Wildman–Crippen LogP) is 2.58. The first-order valence-electron chi connectivity index (χ1n) is 14.4. The molecule has 2 aromatic heterocycles. The molecule has 0 fully saturated rings. The number of rotatable bonds is 13. The smallest absolute Gasteiger partial charge is 0.323 e. The highest BCUT2D eigenvalue weighted by molar-refractivity contribution is 5.88. The quantitative estimate of drug-likeness (QED) is 0.144. The number of aliphatic carboxylic acids is 1. The minimum Gasteiger partial charge on any atom is -0.497 e. The number of carboxylic acids is 1. The Bertz CT molecular complexity index is 1850. The summed E-state index contributed by atoms with van der Waals surface area (Å²) in [4.78, 5) is 61.3. The van der Waals surface area contributed by atoms with Crippen LogP contribution in [0.15, 0.2) is 96.1 Å². The van der Waals surface area contributed by atoms with Gasteiger partial charge in [0.1, 0.15) is 18.8 Å². The van der Waals surface area contributed by atoms with Gasteiger partial charge < -0.3 is 19.3 Å². The zero-order valence-electron chi connectivity index (χ0n) is 25.3. The molecule has 0 aliphatic carbocycles. The molecule has 13 heteroatoms. The van der Waals surface area contributed by atoms with Crippen LogP contribution in [0.4, 0.5) is 5.95 Å². The van der Waals surface area contributed by atoms with Gasteiger partial charge in [0.2, 0.25) is 17.8 Å². The number of nitrogens with one attached hydrogen (secondary N) is 3. The van der Waals surface area contributed by atoms with Crippen LogP contribution >= 0.6 is 0 Å². The average molecular weight is 624 g/mol. The summed E-state index contributed by atoms with van der Waals surface area (Å²) in [7, 11) is 1.60. The van der Waals surface area contributed by atoms with Crippen molar-refractivity contribution in [3.63, 3.8) is 0 Å². The Morgan fingerprint density at radius 2 is 1.57 bits per heavy atom. The fourth-order valence-corrected chi connectivity index (χ4v) is 5.40. The van der Waals surface area contributed by atoms with E-state index in [0.717, 1.165) is 16.7 Å². The van der Waals surface area contributed by atoms with Crippen LogP contribution in [0.25, 0.3) is 11.2 Å². The van der Waals surface area contributed by atoms with Crippen LogP contribution < -0.4 is 20.9 Å². The monoisotopic (exact) mass is 623 g/mol. The Hall–Kier alpha value is -5.82. The molecule has 0 aliphatic heterocycles. The third-order valence-corrected chi connectivity index (χ3v) is 7.46. The summed E-state index contributed by atoms with van der Waals surface area (Å²) in [5.74, 6) is -1.55. The number of hydrogen-bond donors (Lipinski definition) is 4. The number of aromatic nitrogens is 4. The van der Waals surface area contributed by atoms with Gasteiger partial charge in [-0.1, -0.05) is 72.8 Å². The second kappa shape index (κ2) is 13.9. The van der Waals surface area contributed by atoms with E-state index in [-0.39, 0.29) is 36.7 Å². The average Bonchev–Trinajstić information content (AvgIpc) is 3.45. The summed E-state index contributed by atoms with van der Waals surface area (Å²) < 4.78 is 6.74. The zero-order chi connectivity index (χ0) is 32.7. The van der Waals surface area contributed by atoms with Gasteiger partial charge in [-0.25, -0.2) is 4.98 Å². The van der Waals surface area contributed by atoms with Gasteiger partial charge in [-0.2, -0.15) is 4.98 Å². The number of amides is 2. The zero-order valence-corrected chi connectivity index (χ0v) is 25.3. The van der Waals surface area contributed by atoms with Crippen molar-refractivity contribution >= 4 is 34.9 Å². The number of fused-ring (bicyclic) bond motifs is 1. The van der Waals surface area contributed by atoms with E-state index >= 15 is 0 Å². The second-order valence-corrected chi connectivity index (χ2v) is 10.5. The van der Waals surface area contributed by atoms with E-state index < -0.39 is 35.4 Å². The second-order valence-electron chi connectivity index (χ2n) is 10.5. The van der Waals surface area contributed by atoms with Crippen molar-refractivity contribution in [1.29, 1.82) is 0 Å². The lowest BCUT2D eigenvalue weighted by Gasteiger charge is -2.38. The van der Waals surface area contributed by atoms with E-state index in [1.165, 1.54) is 22.7 Å². The molecule has 0 spiro atoms. The van der Waals surface area contributed by atoms with Crippen molar-refractivity contribution in [2.24, 2.45) is 0 Å². The maximum absolute atomic E-state index is 13.6. The van der Waals surface area contributed by atoms with Crippen molar-refractivity contribution in [2.75, 3.05) is 32.1 Å². The largest absolute Gasteiger partial charge is 0.497 e. The fourth-order valence-electron chi connectivity index (χ4n) is 5.40. The van der Waals surface area contributed by atoms with Crippen molar-refractivity contribution in [3.05, 3.63) is 118 Å². The van der Waals surface area contributed by atoms with E-state index in [0.29, 0.717) is 5.75 Å². The molecule has 5 rings (SSSR count). The lowest BCUT2D eigenvalue weighted by Crippen LogP contribution is -2.49. The molecule has 0 radical (unpaired) electrons. The normalized spacial score (nSPS) is 11.3. The molecule has 0 saturated carbocycles. The van der Waals surface area contributed by atoms with Crippen LogP contribution in [-0.2, 0) is 26.5 Å². The summed E-state index contributed by atoms with van der Waals surface area (Å²) in [6.45, 7) is 0.637. The van der Waals surface area contributed by atoms with Crippen LogP contribution in [0.1, 0.15) is 23.6 Å². The van der Waals surface area contributed by atoms with Gasteiger partial charge in [0.05, 0.1) is 19.0 Å². The first kappa shape index (κ1) is 31.6. The summed E-state index contributed by atoms with van der Waals surface area (Å²) in [6, 6.07) is 27.4. The van der Waals surface area contributed by atoms with Crippen molar-refractivity contribution in [3.8, 4) is 5.75 Å². The number of imidazole rings is 1. The minimum atomic E-state index is -1.18. The number of carbonyl (C=O) groups is 3. The SMILES string of the molecule is COc1ccc(C(NCCN(CC(=O)O)C(=O)Cn2cnc3c(=O)[nH]c(NC(C)=O)nc32)(c2ccccc2)c2ccccc2)cc1. The number of nitrogens with zero attached hydrogens (tertiary/aromatic N) is 4. The van der Waals surface area contributed by atoms with Gasteiger partial charge in [0.25, 0.3) is 5.56 Å². The molecule has 0 saturated heterocycles. The summed E-state index contributed by atoms with van der Waals surface area (Å²) >= 11 is 0. The molecule has 5 aromatic rings. The third-order valence-electron chi connectivity index (χ3n) is 7.46. The topological polar surface area (TPSA) is 172 Å². The van der Waals surface area contributed by atoms with E-state index in [1.54, 1.807) is 7.11 Å². The highest BCUT2D eigenvalue weighted by atomic mass is 16.5. The van der Waals surface area contributed by atoms with Crippen molar-refractivity contribution in [2.45, 2.75) is 19.0 Å². The van der Waals surface area contributed by atoms with E-state index in [4.69, 9.17) is 4.74 Å². The standard InChI is InChI=1S/C33H33N7O6/c1-22(41)36-32-37-30-29(31(45)38-32)34-21-40(30)19-27(42)39(20-28(43)44)18-17-35-33(23-9-5-3-6-10-23,24-11-7-4-8-12-24)25-13-15-26(46-2)16-14-25/h3-16,21,35H,17-20H2,1-2H3,(H,43,44)(H2,36,37,38,41,45). The predicted molar refractivity (Wildman–Crippen MR) is 170 cm³/mol. The maximum Gasteiger partial charge on any atom is 0.323 e. The summed E-state index contributed by atoms with van der Waals surface area (Å²) in [5, 5.41) is 15.8.